The minimum absolute atomic E-state index is 0.0556. The van der Waals surface area contributed by atoms with E-state index in [0.717, 1.165) is 90.3 Å². The minimum atomic E-state index is -2.29. The molecule has 0 unspecified atom stereocenters. The fourth-order valence-corrected chi connectivity index (χ4v) is 12.3. The van der Waals surface area contributed by atoms with Gasteiger partial charge in [0.1, 0.15) is 78.7 Å². The summed E-state index contributed by atoms with van der Waals surface area (Å²) in [6.45, 7) is 6.41. The van der Waals surface area contributed by atoms with E-state index < -0.39 is 152 Å². The molecule has 0 aliphatic carbocycles. The number of ether oxygens (including phenoxy) is 2. The molecule has 0 aromatic heterocycles. The Bertz CT molecular complexity index is 3150. The fourth-order valence-electron chi connectivity index (χ4n) is 12.3. The molecule has 4 aliphatic heterocycles. The highest BCUT2D eigenvalue weighted by Gasteiger charge is 2.51. The van der Waals surface area contributed by atoms with Gasteiger partial charge in [0.15, 0.2) is 6.23 Å². The molecule has 25 nitrogen and oxygen atoms in total. The first kappa shape index (κ1) is 69.3. The van der Waals surface area contributed by atoms with Crippen LogP contribution in [0.5, 0.6) is 11.5 Å². The van der Waals surface area contributed by atoms with Crippen molar-refractivity contribution in [3.05, 3.63) is 108 Å². The lowest BCUT2D eigenvalue weighted by Crippen LogP contribution is -2.64. The van der Waals surface area contributed by atoms with E-state index in [-0.39, 0.29) is 36.1 Å². The van der Waals surface area contributed by atoms with Crippen LogP contribution < -0.4 is 31.3 Å². The molecule has 4 fully saturated rings. The predicted molar refractivity (Wildman–Crippen MR) is 332 cm³/mol. The zero-order valence-corrected chi connectivity index (χ0v) is 52.3. The van der Waals surface area contributed by atoms with E-state index in [2.05, 4.69) is 33.5 Å². The van der Waals surface area contributed by atoms with E-state index in [9.17, 15) is 74.4 Å². The van der Waals surface area contributed by atoms with Crippen molar-refractivity contribution in [2.24, 2.45) is 5.92 Å². The molecule has 494 valence electrons. The second-order valence-electron chi connectivity index (χ2n) is 25.2. The van der Waals surface area contributed by atoms with E-state index >= 15 is 0 Å². The van der Waals surface area contributed by atoms with E-state index in [1.165, 1.54) is 43.3 Å². The third-order valence-electron chi connectivity index (χ3n) is 18.0. The first-order valence-corrected chi connectivity index (χ1v) is 31.3. The first-order valence-electron chi connectivity index (χ1n) is 31.3. The van der Waals surface area contributed by atoms with Gasteiger partial charge in [0, 0.05) is 43.8 Å². The molecule has 8 rings (SSSR count). The number of rotatable bonds is 17. The average molecular weight is 1270 g/mol. The van der Waals surface area contributed by atoms with Gasteiger partial charge >= 0.3 is 0 Å². The summed E-state index contributed by atoms with van der Waals surface area (Å²) in [6, 6.07) is 15.2. The van der Waals surface area contributed by atoms with Crippen LogP contribution in [-0.2, 0) is 33.5 Å². The second-order valence-corrected chi connectivity index (χ2v) is 25.2. The van der Waals surface area contributed by atoms with Gasteiger partial charge < -0.3 is 91.2 Å². The molecular weight excluding hydrogens is 1180 g/mol. The molecule has 25 heteroatoms. The summed E-state index contributed by atoms with van der Waals surface area (Å²) in [6.07, 6.45) is -10.1. The van der Waals surface area contributed by atoms with Gasteiger partial charge in [0.05, 0.1) is 51.7 Å². The third-order valence-corrected chi connectivity index (χ3v) is 18.0. The van der Waals surface area contributed by atoms with Crippen molar-refractivity contribution in [2.45, 2.75) is 170 Å². The number of aliphatic hydroxyl groups is 7. The summed E-state index contributed by atoms with van der Waals surface area (Å²) in [7, 11) is 4.00. The smallest absolute Gasteiger partial charge is 0.251 e. The lowest BCUT2D eigenvalue weighted by atomic mass is 9.96. The quantitative estimate of drug-likeness (QED) is 0.0512. The van der Waals surface area contributed by atoms with Gasteiger partial charge in [-0.2, -0.15) is 0 Å². The van der Waals surface area contributed by atoms with Crippen LogP contribution in [0.25, 0.3) is 22.3 Å². The average Bonchev–Trinajstić information content (AvgIpc) is 1.82. The number of amides is 7. The van der Waals surface area contributed by atoms with Crippen molar-refractivity contribution >= 4 is 41.4 Å². The van der Waals surface area contributed by atoms with Gasteiger partial charge in [-0.05, 0) is 97.3 Å². The number of piperidine rings is 1. The number of aromatic hydroxyl groups is 1. The van der Waals surface area contributed by atoms with Gasteiger partial charge in [0.25, 0.3) is 5.91 Å². The molecule has 4 aliphatic rings. The highest BCUT2D eigenvalue weighted by Crippen LogP contribution is 2.31. The molecule has 0 spiro atoms. The molecule has 0 saturated carbocycles. The minimum Gasteiger partial charge on any atom is -0.508 e. The summed E-state index contributed by atoms with van der Waals surface area (Å²) >= 11 is 0. The molecule has 0 bridgehead atoms. The third kappa shape index (κ3) is 16.9. The zero-order valence-electron chi connectivity index (χ0n) is 52.3. The fraction of sp³-hybridized carbons (Fsp3) is 0.530. The number of quaternary nitrogens is 1. The SMILES string of the molecule is CCCCCOc1ccc(-c2ccc(-c3ccc(C(=O)N[C@H]4C[C@@H](O)[C@@H](OC[C@@H]5CCCC[N+]5(C)C)NC(=O)[C@@H]5[C@@H](O)[C@@H](C)CN5C(=O)[C@H]([C@@H](C)O)NC(=O)[C@H]([C@H](O)[C@@H](O)c5ccc(O)cc5)NC(=O)[C@@H]5C[C@@H](O)CN5C(=O)[C@H]([C@@H](C)O)NC4=O)cc3)cc2)cc1. The molecule has 7 amide bonds. The number of phenols is 1. The Balaban J connectivity index is 1.14. The zero-order chi connectivity index (χ0) is 66.0. The van der Waals surface area contributed by atoms with Crippen molar-refractivity contribution in [1.29, 1.82) is 0 Å². The Labute approximate surface area is 529 Å². The molecular formula is C66H89N8O17+. The Hall–Kier alpha value is -7.59. The number of hydrogen-bond donors (Lipinski definition) is 13. The van der Waals surface area contributed by atoms with Crippen molar-refractivity contribution in [1.82, 2.24) is 36.4 Å². The predicted octanol–water partition coefficient (Wildman–Crippen LogP) is 0.726. The maximum atomic E-state index is 14.9. The maximum Gasteiger partial charge on any atom is 0.251 e. The van der Waals surface area contributed by atoms with Gasteiger partial charge in [-0.3, -0.25) is 33.6 Å². The normalized spacial score (nSPS) is 28.4. The van der Waals surface area contributed by atoms with Gasteiger partial charge in [-0.15, -0.1) is 0 Å². The first-order chi connectivity index (χ1) is 43.3. The van der Waals surface area contributed by atoms with E-state index in [0.29, 0.717) is 17.5 Å². The lowest BCUT2D eigenvalue weighted by Gasteiger charge is -2.42. The maximum absolute atomic E-state index is 14.9. The number of unbranched alkanes of at least 4 members (excludes halogenated alkanes) is 2. The van der Waals surface area contributed by atoms with Crippen LogP contribution in [-0.4, -0.2) is 229 Å². The van der Waals surface area contributed by atoms with Crippen LogP contribution in [0.1, 0.15) is 101 Å². The molecule has 0 radical (unpaired) electrons. The Morgan fingerprint density at radius 2 is 1.23 bits per heavy atom. The van der Waals surface area contributed by atoms with Gasteiger partial charge in [0.2, 0.25) is 35.4 Å². The molecule has 4 saturated heterocycles. The molecule has 13 N–H and O–H groups in total. The van der Waals surface area contributed by atoms with Crippen LogP contribution in [0.3, 0.4) is 0 Å². The van der Waals surface area contributed by atoms with Gasteiger partial charge in [-0.1, -0.05) is 87.4 Å². The monoisotopic (exact) mass is 1270 g/mol. The number of likely N-dealkylation sites (tertiary alicyclic amines) is 1. The Morgan fingerprint density at radius 1 is 0.670 bits per heavy atom. The summed E-state index contributed by atoms with van der Waals surface area (Å²) < 4.78 is 12.8. The number of phenolic OH excluding ortho intramolecular Hbond substituents is 1. The van der Waals surface area contributed by atoms with E-state index in [1.54, 1.807) is 12.1 Å². The number of likely N-dealkylation sites (N-methyl/N-ethyl adjacent to an activating group) is 1. The molecule has 4 heterocycles. The molecule has 16 atom stereocenters. The van der Waals surface area contributed by atoms with E-state index in [4.69, 9.17) is 9.47 Å². The van der Waals surface area contributed by atoms with Crippen molar-refractivity contribution in [3.63, 3.8) is 0 Å². The molecule has 4 aromatic carbocycles. The summed E-state index contributed by atoms with van der Waals surface area (Å²) in [5.41, 5.74) is 3.51. The van der Waals surface area contributed by atoms with Crippen molar-refractivity contribution in [2.75, 3.05) is 46.9 Å². The van der Waals surface area contributed by atoms with Crippen molar-refractivity contribution in [3.8, 4) is 33.8 Å². The van der Waals surface area contributed by atoms with E-state index in [1.807, 2.05) is 62.6 Å². The van der Waals surface area contributed by atoms with Crippen LogP contribution in [0, 0.1) is 5.92 Å². The van der Waals surface area contributed by atoms with Crippen LogP contribution in [0.4, 0.5) is 0 Å². The number of benzene rings is 4. The summed E-state index contributed by atoms with van der Waals surface area (Å²) in [4.78, 5) is 105. The Morgan fingerprint density at radius 3 is 1.81 bits per heavy atom. The number of hydrogen-bond acceptors (Lipinski definition) is 17. The number of carbonyl (C=O) groups excluding carboxylic acids is 7. The number of carbonyl (C=O) groups is 7. The summed E-state index contributed by atoms with van der Waals surface area (Å²) in [5.74, 6) is -8.16. The summed E-state index contributed by atoms with van der Waals surface area (Å²) in [5, 5.41) is 103. The highest BCUT2D eigenvalue weighted by molar-refractivity contribution is 6.00. The largest absolute Gasteiger partial charge is 0.508 e. The van der Waals surface area contributed by atoms with Crippen LogP contribution in [0.15, 0.2) is 97.1 Å². The standard InChI is InChI=1S/C66H88N8O17/c1-7-8-11-30-90-48-27-23-42(24-28-48)40-15-13-39(14-16-40)41-17-19-44(20-18-41)59(83)67-49-32-51(79)64(91-35-45-12-9-10-29-74(45,5)6)71-63(87)55-56(80)36(2)33-73(55)66(89)53(38(4)76)69-62(86)54(58(82)57(81)43-21-25-46(77)26-22-43)70-61(85)50-31-47(78)34-72(50)65(88)52(37(3)75)68-60(49)84/h13-28,36-38,45,47,49-58,64,75-76,78-82H,7-12,29-35H2,1-6H3,(H5-,67,68,69,70,71,77,83,84,85,86,87)/p+1/t36-,37+,38+,45-,47+,49-,50-,51+,52-,53-,54-,55-,56-,57-,58-,64+/m0/s1. The number of nitrogens with zero attached hydrogens (tertiary/aromatic N) is 3. The molecule has 91 heavy (non-hydrogen) atoms. The number of fused-ring (bicyclic) bond motifs is 2. The van der Waals surface area contributed by atoms with Gasteiger partial charge in [-0.25, -0.2) is 0 Å². The highest BCUT2D eigenvalue weighted by atomic mass is 16.5. The Kier molecular flexibility index (Phi) is 23.4. The topological polar surface area (TPSA) is 366 Å². The number of aliphatic hydroxyl groups excluding tert-OH is 7. The van der Waals surface area contributed by atoms with Crippen LogP contribution >= 0.6 is 0 Å². The molecule has 4 aromatic rings. The second kappa shape index (κ2) is 30.7. The number of nitrogens with one attached hydrogen (secondary N) is 5. The van der Waals surface area contributed by atoms with Crippen molar-refractivity contribution < 1.29 is 88.4 Å². The lowest BCUT2D eigenvalue weighted by molar-refractivity contribution is -0.920. The van der Waals surface area contributed by atoms with Crippen LogP contribution in [0.2, 0.25) is 0 Å².